The molecular weight excluding hydrogens is 348 g/mol. The number of benzene rings is 2. The Labute approximate surface area is 159 Å². The second-order valence-corrected chi connectivity index (χ2v) is 7.15. The first kappa shape index (κ1) is 18.5. The lowest BCUT2D eigenvalue weighted by Gasteiger charge is -2.32. The van der Waals surface area contributed by atoms with Gasteiger partial charge in [-0.3, -0.25) is 9.59 Å². The predicted molar refractivity (Wildman–Crippen MR) is 103 cm³/mol. The van der Waals surface area contributed by atoms with Gasteiger partial charge in [-0.2, -0.15) is 0 Å². The summed E-state index contributed by atoms with van der Waals surface area (Å²) in [6.07, 6.45) is 1.36. The van der Waals surface area contributed by atoms with E-state index in [1.54, 1.807) is 29.2 Å². The van der Waals surface area contributed by atoms with Crippen LogP contribution in [0.1, 0.15) is 41.7 Å². The van der Waals surface area contributed by atoms with Crippen molar-refractivity contribution in [1.82, 2.24) is 10.2 Å². The van der Waals surface area contributed by atoms with Crippen LogP contribution in [0.4, 0.5) is 0 Å². The van der Waals surface area contributed by atoms with Crippen LogP contribution in [0, 0.1) is 5.92 Å². The monoisotopic (exact) mass is 370 g/mol. The molecule has 26 heavy (non-hydrogen) atoms. The number of carbonyl (C=O) groups excluding carboxylic acids is 2. The summed E-state index contributed by atoms with van der Waals surface area (Å²) in [5.74, 6) is -0.00945. The molecule has 1 N–H and O–H groups in total. The molecule has 2 amide bonds. The highest BCUT2D eigenvalue weighted by atomic mass is 35.5. The summed E-state index contributed by atoms with van der Waals surface area (Å²) in [5, 5.41) is 3.64. The molecule has 0 radical (unpaired) electrons. The molecule has 5 heteroatoms. The summed E-state index contributed by atoms with van der Waals surface area (Å²) in [6.45, 7) is 3.16. The lowest BCUT2D eigenvalue weighted by molar-refractivity contribution is -0.126. The number of carbonyl (C=O) groups is 2. The second-order valence-electron chi connectivity index (χ2n) is 6.72. The summed E-state index contributed by atoms with van der Waals surface area (Å²) >= 11 is 5.97. The molecule has 1 aliphatic rings. The van der Waals surface area contributed by atoms with Crippen molar-refractivity contribution >= 4 is 23.4 Å². The Kier molecular flexibility index (Phi) is 5.94. The third-order valence-electron chi connectivity index (χ3n) is 4.88. The number of piperidine rings is 1. The van der Waals surface area contributed by atoms with E-state index in [1.165, 1.54) is 0 Å². The third kappa shape index (κ3) is 4.44. The molecule has 1 unspecified atom stereocenters. The van der Waals surface area contributed by atoms with Crippen molar-refractivity contribution < 1.29 is 9.59 Å². The molecule has 1 atom stereocenters. The number of halogens is 1. The second kappa shape index (κ2) is 8.37. The number of nitrogens with one attached hydrogen (secondary N) is 1. The Morgan fingerprint density at radius 1 is 1.08 bits per heavy atom. The van der Waals surface area contributed by atoms with Gasteiger partial charge >= 0.3 is 0 Å². The quantitative estimate of drug-likeness (QED) is 0.881. The summed E-state index contributed by atoms with van der Waals surface area (Å²) in [7, 11) is 0. The van der Waals surface area contributed by atoms with Gasteiger partial charge in [-0.25, -0.2) is 0 Å². The molecule has 0 aromatic heterocycles. The lowest BCUT2D eigenvalue weighted by atomic mass is 9.94. The molecule has 1 saturated heterocycles. The molecule has 1 heterocycles. The largest absolute Gasteiger partial charge is 0.349 e. The molecule has 0 saturated carbocycles. The topological polar surface area (TPSA) is 49.4 Å². The van der Waals surface area contributed by atoms with Crippen LogP contribution in [0.2, 0.25) is 5.02 Å². The minimum Gasteiger partial charge on any atom is -0.349 e. The SMILES string of the molecule is CC(NC(=O)C1CCN(C(=O)c2cccc(Cl)c2)CC1)c1ccccc1. The van der Waals surface area contributed by atoms with Gasteiger partial charge in [0.2, 0.25) is 5.91 Å². The van der Waals surface area contributed by atoms with Crippen molar-refractivity contribution in [3.8, 4) is 0 Å². The van der Waals surface area contributed by atoms with Gasteiger partial charge in [0.25, 0.3) is 5.91 Å². The zero-order chi connectivity index (χ0) is 18.5. The predicted octanol–water partition coefficient (Wildman–Crippen LogP) is 4.07. The van der Waals surface area contributed by atoms with E-state index in [1.807, 2.05) is 37.3 Å². The maximum Gasteiger partial charge on any atom is 0.253 e. The Bertz CT molecular complexity index is 771. The van der Waals surface area contributed by atoms with Crippen molar-refractivity contribution in [1.29, 1.82) is 0 Å². The number of amides is 2. The van der Waals surface area contributed by atoms with Crippen LogP contribution < -0.4 is 5.32 Å². The molecule has 0 spiro atoms. The van der Waals surface area contributed by atoms with Crippen LogP contribution in [0.5, 0.6) is 0 Å². The highest BCUT2D eigenvalue weighted by Gasteiger charge is 2.28. The van der Waals surface area contributed by atoms with Crippen LogP contribution in [0.25, 0.3) is 0 Å². The summed E-state index contributed by atoms with van der Waals surface area (Å²) < 4.78 is 0. The number of likely N-dealkylation sites (tertiary alicyclic amines) is 1. The molecule has 3 rings (SSSR count). The van der Waals surface area contributed by atoms with Crippen molar-refractivity contribution in [2.45, 2.75) is 25.8 Å². The van der Waals surface area contributed by atoms with E-state index >= 15 is 0 Å². The number of nitrogens with zero attached hydrogens (tertiary/aromatic N) is 1. The van der Waals surface area contributed by atoms with Gasteiger partial charge in [-0.05, 0) is 43.5 Å². The standard InChI is InChI=1S/C21H23ClN2O2/c1-15(16-6-3-2-4-7-16)23-20(25)17-10-12-24(13-11-17)21(26)18-8-5-9-19(22)14-18/h2-9,14-15,17H,10-13H2,1H3,(H,23,25). The minimum atomic E-state index is -0.0513. The van der Waals surface area contributed by atoms with Crippen LogP contribution in [-0.4, -0.2) is 29.8 Å². The smallest absolute Gasteiger partial charge is 0.253 e. The summed E-state index contributed by atoms with van der Waals surface area (Å²) in [5.41, 5.74) is 1.69. The molecule has 2 aromatic rings. The van der Waals surface area contributed by atoms with E-state index in [9.17, 15) is 9.59 Å². The van der Waals surface area contributed by atoms with Crippen molar-refractivity contribution in [2.24, 2.45) is 5.92 Å². The van der Waals surface area contributed by atoms with Gasteiger partial charge in [0, 0.05) is 29.6 Å². The fourth-order valence-corrected chi connectivity index (χ4v) is 3.50. The molecule has 0 bridgehead atoms. The van der Waals surface area contributed by atoms with Crippen LogP contribution in [0.15, 0.2) is 54.6 Å². The first-order chi connectivity index (χ1) is 12.5. The number of rotatable bonds is 4. The maximum absolute atomic E-state index is 12.6. The van der Waals surface area contributed by atoms with Gasteiger partial charge < -0.3 is 10.2 Å². The van der Waals surface area contributed by atoms with E-state index in [-0.39, 0.29) is 23.8 Å². The van der Waals surface area contributed by atoms with E-state index in [4.69, 9.17) is 11.6 Å². The van der Waals surface area contributed by atoms with E-state index < -0.39 is 0 Å². The molecular formula is C21H23ClN2O2. The highest BCUT2D eigenvalue weighted by Crippen LogP contribution is 2.22. The minimum absolute atomic E-state index is 0.0187. The molecule has 136 valence electrons. The lowest BCUT2D eigenvalue weighted by Crippen LogP contribution is -2.43. The Balaban J connectivity index is 1.53. The van der Waals surface area contributed by atoms with Crippen molar-refractivity contribution in [3.63, 3.8) is 0 Å². The number of hydrogen-bond acceptors (Lipinski definition) is 2. The average molecular weight is 371 g/mol. The van der Waals surface area contributed by atoms with Crippen LogP contribution in [-0.2, 0) is 4.79 Å². The van der Waals surface area contributed by atoms with Gasteiger partial charge in [-0.1, -0.05) is 48.0 Å². The van der Waals surface area contributed by atoms with Gasteiger partial charge in [0.1, 0.15) is 0 Å². The highest BCUT2D eigenvalue weighted by molar-refractivity contribution is 6.30. The van der Waals surface area contributed by atoms with Crippen molar-refractivity contribution in [3.05, 3.63) is 70.7 Å². The van der Waals surface area contributed by atoms with Gasteiger partial charge in [-0.15, -0.1) is 0 Å². The zero-order valence-corrected chi connectivity index (χ0v) is 15.6. The average Bonchev–Trinajstić information content (AvgIpc) is 2.68. The Morgan fingerprint density at radius 3 is 2.42 bits per heavy atom. The van der Waals surface area contributed by atoms with Gasteiger partial charge in [0.15, 0.2) is 0 Å². The first-order valence-electron chi connectivity index (χ1n) is 8.95. The molecule has 1 fully saturated rings. The van der Waals surface area contributed by atoms with Crippen LogP contribution in [0.3, 0.4) is 0 Å². The van der Waals surface area contributed by atoms with Gasteiger partial charge in [0.05, 0.1) is 6.04 Å². The summed E-state index contributed by atoms with van der Waals surface area (Å²) in [6, 6.07) is 16.9. The first-order valence-corrected chi connectivity index (χ1v) is 9.32. The van der Waals surface area contributed by atoms with E-state index in [2.05, 4.69) is 5.32 Å². The molecule has 0 aliphatic carbocycles. The summed E-state index contributed by atoms with van der Waals surface area (Å²) in [4.78, 5) is 26.9. The number of hydrogen-bond donors (Lipinski definition) is 1. The van der Waals surface area contributed by atoms with E-state index in [0.29, 0.717) is 36.5 Å². The van der Waals surface area contributed by atoms with Crippen molar-refractivity contribution in [2.75, 3.05) is 13.1 Å². The molecule has 4 nitrogen and oxygen atoms in total. The molecule has 2 aromatic carbocycles. The third-order valence-corrected chi connectivity index (χ3v) is 5.12. The maximum atomic E-state index is 12.6. The fraction of sp³-hybridized carbons (Fsp3) is 0.333. The molecule has 1 aliphatic heterocycles. The zero-order valence-electron chi connectivity index (χ0n) is 14.8. The van der Waals surface area contributed by atoms with Crippen LogP contribution >= 0.6 is 11.6 Å². The Hall–Kier alpha value is -2.33. The fourth-order valence-electron chi connectivity index (χ4n) is 3.31. The normalized spacial score (nSPS) is 16.2. The van der Waals surface area contributed by atoms with E-state index in [0.717, 1.165) is 5.56 Å². The Morgan fingerprint density at radius 2 is 1.77 bits per heavy atom.